The van der Waals surface area contributed by atoms with Crippen LogP contribution in [-0.4, -0.2) is 55.7 Å². The molecular formula is C14H27N3O2. The van der Waals surface area contributed by atoms with Crippen molar-refractivity contribution in [3.05, 3.63) is 0 Å². The molecule has 1 aliphatic heterocycles. The van der Waals surface area contributed by atoms with E-state index in [1.54, 1.807) is 0 Å². The molecule has 1 aliphatic carbocycles. The zero-order valence-corrected chi connectivity index (χ0v) is 11.9. The lowest BCUT2D eigenvalue weighted by Crippen LogP contribution is -2.44. The molecule has 2 aliphatic rings. The van der Waals surface area contributed by atoms with E-state index < -0.39 is 0 Å². The maximum atomic E-state index is 11.9. The molecule has 0 radical (unpaired) electrons. The largest absolute Gasteiger partial charge is 0.376 e. The quantitative estimate of drug-likeness (QED) is 0.762. The van der Waals surface area contributed by atoms with Crippen molar-refractivity contribution < 1.29 is 9.53 Å². The van der Waals surface area contributed by atoms with E-state index >= 15 is 0 Å². The third-order valence-electron chi connectivity index (χ3n) is 4.31. The van der Waals surface area contributed by atoms with E-state index in [0.717, 1.165) is 45.1 Å². The lowest BCUT2D eigenvalue weighted by atomic mass is 9.91. The van der Waals surface area contributed by atoms with Crippen LogP contribution in [0.1, 0.15) is 38.5 Å². The molecule has 2 fully saturated rings. The Kier molecular flexibility index (Phi) is 5.60. The van der Waals surface area contributed by atoms with Gasteiger partial charge in [0.2, 0.25) is 5.91 Å². The molecule has 5 nitrogen and oxygen atoms in total. The van der Waals surface area contributed by atoms with E-state index in [4.69, 9.17) is 10.5 Å². The number of carbonyl (C=O) groups is 1. The van der Waals surface area contributed by atoms with Gasteiger partial charge in [0, 0.05) is 25.2 Å². The van der Waals surface area contributed by atoms with Crippen molar-refractivity contribution in [3.63, 3.8) is 0 Å². The average Bonchev–Trinajstić information content (AvgIpc) is 2.90. The van der Waals surface area contributed by atoms with Gasteiger partial charge in [-0.25, -0.2) is 0 Å². The number of ether oxygens (including phenoxy) is 1. The second-order valence-electron chi connectivity index (χ2n) is 5.92. The number of hydrogen-bond acceptors (Lipinski definition) is 4. The zero-order valence-electron chi connectivity index (χ0n) is 11.9. The first kappa shape index (κ1) is 14.8. The van der Waals surface area contributed by atoms with Gasteiger partial charge in [-0.3, -0.25) is 9.69 Å². The number of nitrogens with one attached hydrogen (secondary N) is 1. The second kappa shape index (κ2) is 7.22. The third kappa shape index (κ3) is 4.75. The van der Waals surface area contributed by atoms with E-state index in [-0.39, 0.29) is 12.0 Å². The summed E-state index contributed by atoms with van der Waals surface area (Å²) >= 11 is 0. The maximum Gasteiger partial charge on any atom is 0.234 e. The highest BCUT2D eigenvalue weighted by Gasteiger charge is 2.23. The van der Waals surface area contributed by atoms with Crippen molar-refractivity contribution in [2.75, 3.05) is 26.7 Å². The minimum absolute atomic E-state index is 0.105. The Bertz CT molecular complexity index is 284. The first-order valence-corrected chi connectivity index (χ1v) is 7.49. The predicted octanol–water partition coefficient (Wildman–Crippen LogP) is 0.483. The van der Waals surface area contributed by atoms with Gasteiger partial charge in [-0.05, 0) is 45.6 Å². The van der Waals surface area contributed by atoms with Crippen molar-refractivity contribution in [1.29, 1.82) is 0 Å². The van der Waals surface area contributed by atoms with Gasteiger partial charge in [0.05, 0.1) is 12.6 Å². The molecule has 1 unspecified atom stereocenters. The fraction of sp³-hybridized carbons (Fsp3) is 0.929. The highest BCUT2D eigenvalue weighted by Crippen LogP contribution is 2.20. The molecule has 2 rings (SSSR count). The molecule has 1 atom stereocenters. The SMILES string of the molecule is CN(CC(=O)NCC1CCCO1)C1CCC(N)CC1. The predicted molar refractivity (Wildman–Crippen MR) is 74.8 cm³/mol. The van der Waals surface area contributed by atoms with E-state index in [9.17, 15) is 4.79 Å². The van der Waals surface area contributed by atoms with Gasteiger partial charge >= 0.3 is 0 Å². The van der Waals surface area contributed by atoms with Crippen molar-refractivity contribution in [1.82, 2.24) is 10.2 Å². The molecular weight excluding hydrogens is 242 g/mol. The zero-order chi connectivity index (χ0) is 13.7. The first-order chi connectivity index (χ1) is 9.15. The number of rotatable bonds is 5. The van der Waals surface area contributed by atoms with Gasteiger partial charge < -0.3 is 15.8 Å². The summed E-state index contributed by atoms with van der Waals surface area (Å²) in [5, 5.41) is 2.97. The molecule has 1 saturated heterocycles. The van der Waals surface area contributed by atoms with Crippen LogP contribution < -0.4 is 11.1 Å². The van der Waals surface area contributed by atoms with Gasteiger partial charge in [-0.1, -0.05) is 0 Å². The van der Waals surface area contributed by atoms with E-state index in [2.05, 4.69) is 10.2 Å². The van der Waals surface area contributed by atoms with Crippen LogP contribution in [0, 0.1) is 0 Å². The van der Waals surface area contributed by atoms with Gasteiger partial charge in [0.15, 0.2) is 0 Å². The van der Waals surface area contributed by atoms with Crippen molar-refractivity contribution >= 4 is 5.91 Å². The minimum Gasteiger partial charge on any atom is -0.376 e. The van der Waals surface area contributed by atoms with Crippen LogP contribution in [0.5, 0.6) is 0 Å². The molecule has 3 N–H and O–H groups in total. The number of nitrogens with two attached hydrogens (primary N) is 1. The second-order valence-corrected chi connectivity index (χ2v) is 5.92. The van der Waals surface area contributed by atoms with Crippen LogP contribution in [0.4, 0.5) is 0 Å². The number of hydrogen-bond donors (Lipinski definition) is 2. The lowest BCUT2D eigenvalue weighted by Gasteiger charge is -2.33. The average molecular weight is 269 g/mol. The Hall–Kier alpha value is -0.650. The van der Waals surface area contributed by atoms with Crippen LogP contribution >= 0.6 is 0 Å². The number of amides is 1. The van der Waals surface area contributed by atoms with Gasteiger partial charge in [-0.2, -0.15) is 0 Å². The number of nitrogens with zero attached hydrogens (tertiary/aromatic N) is 1. The summed E-state index contributed by atoms with van der Waals surface area (Å²) in [6.07, 6.45) is 6.77. The Morgan fingerprint density at radius 3 is 2.68 bits per heavy atom. The topological polar surface area (TPSA) is 67.6 Å². The monoisotopic (exact) mass is 269 g/mol. The fourth-order valence-corrected chi connectivity index (χ4v) is 2.99. The normalized spacial score (nSPS) is 31.6. The molecule has 1 heterocycles. The van der Waals surface area contributed by atoms with Crippen LogP contribution in [0.3, 0.4) is 0 Å². The lowest BCUT2D eigenvalue weighted by molar-refractivity contribution is -0.123. The summed E-state index contributed by atoms with van der Waals surface area (Å²) in [6, 6.07) is 0.867. The van der Waals surface area contributed by atoms with Crippen molar-refractivity contribution in [3.8, 4) is 0 Å². The van der Waals surface area contributed by atoms with Gasteiger partial charge in [0.25, 0.3) is 0 Å². The van der Waals surface area contributed by atoms with E-state index in [1.807, 2.05) is 7.05 Å². The Labute approximate surface area is 115 Å². The Morgan fingerprint density at radius 1 is 1.32 bits per heavy atom. The van der Waals surface area contributed by atoms with Crippen molar-refractivity contribution in [2.45, 2.75) is 56.7 Å². The number of carbonyl (C=O) groups excluding carboxylic acids is 1. The molecule has 1 amide bonds. The fourth-order valence-electron chi connectivity index (χ4n) is 2.99. The summed E-state index contributed by atoms with van der Waals surface area (Å²) in [5.41, 5.74) is 5.90. The van der Waals surface area contributed by atoms with Gasteiger partial charge in [-0.15, -0.1) is 0 Å². The molecule has 0 spiro atoms. The van der Waals surface area contributed by atoms with Gasteiger partial charge in [0.1, 0.15) is 0 Å². The molecule has 19 heavy (non-hydrogen) atoms. The minimum atomic E-state index is 0.105. The standard InChI is InChI=1S/C14H27N3O2/c1-17(12-6-4-11(15)5-7-12)10-14(18)16-9-13-3-2-8-19-13/h11-13H,2-10,15H2,1H3,(H,16,18). The Balaban J connectivity index is 1.63. The van der Waals surface area contributed by atoms with Crippen LogP contribution in [0.15, 0.2) is 0 Å². The summed E-state index contributed by atoms with van der Waals surface area (Å²) in [4.78, 5) is 14.0. The molecule has 110 valence electrons. The number of likely N-dealkylation sites (N-methyl/N-ethyl adjacent to an activating group) is 1. The molecule has 1 saturated carbocycles. The highest BCUT2D eigenvalue weighted by molar-refractivity contribution is 5.78. The van der Waals surface area contributed by atoms with Crippen molar-refractivity contribution in [2.24, 2.45) is 5.73 Å². The van der Waals surface area contributed by atoms with E-state index in [1.165, 1.54) is 0 Å². The molecule has 0 bridgehead atoms. The third-order valence-corrected chi connectivity index (χ3v) is 4.31. The summed E-state index contributed by atoms with van der Waals surface area (Å²) in [7, 11) is 2.03. The Morgan fingerprint density at radius 2 is 2.05 bits per heavy atom. The molecule has 0 aromatic heterocycles. The van der Waals surface area contributed by atoms with Crippen LogP contribution in [-0.2, 0) is 9.53 Å². The highest BCUT2D eigenvalue weighted by atomic mass is 16.5. The first-order valence-electron chi connectivity index (χ1n) is 7.49. The molecule has 0 aromatic carbocycles. The van der Waals surface area contributed by atoms with Crippen LogP contribution in [0.2, 0.25) is 0 Å². The van der Waals surface area contributed by atoms with Crippen LogP contribution in [0.25, 0.3) is 0 Å². The molecule has 0 aromatic rings. The molecule has 5 heteroatoms. The smallest absolute Gasteiger partial charge is 0.234 e. The van der Waals surface area contributed by atoms with E-state index in [0.29, 0.717) is 25.2 Å². The summed E-state index contributed by atoms with van der Waals surface area (Å²) in [6.45, 7) is 1.97. The maximum absolute atomic E-state index is 11.9. The summed E-state index contributed by atoms with van der Waals surface area (Å²) < 4.78 is 5.49. The summed E-state index contributed by atoms with van der Waals surface area (Å²) in [5.74, 6) is 0.105.